The third kappa shape index (κ3) is 4.59. The van der Waals surface area contributed by atoms with Crippen molar-refractivity contribution in [1.29, 1.82) is 0 Å². The molecule has 0 saturated carbocycles. The van der Waals surface area contributed by atoms with Crippen LogP contribution in [0.5, 0.6) is 0 Å². The molecule has 0 N–H and O–H groups in total. The van der Waals surface area contributed by atoms with E-state index < -0.39 is 5.79 Å². The summed E-state index contributed by atoms with van der Waals surface area (Å²) < 4.78 is 16.5. The number of hydrogen-bond donors (Lipinski definition) is 0. The van der Waals surface area contributed by atoms with Crippen molar-refractivity contribution >= 4 is 17.5 Å². The number of carbonyl (C=O) groups is 1. The highest BCUT2D eigenvalue weighted by Crippen LogP contribution is 2.32. The lowest BCUT2D eigenvalue weighted by atomic mass is 9.96. The van der Waals surface area contributed by atoms with Crippen LogP contribution in [-0.4, -0.2) is 57.1 Å². The Morgan fingerprint density at radius 3 is 2.26 bits per heavy atom. The molecule has 0 radical (unpaired) electrons. The van der Waals surface area contributed by atoms with Crippen LogP contribution in [0.15, 0.2) is 59.5 Å². The van der Waals surface area contributed by atoms with E-state index in [0.29, 0.717) is 11.1 Å². The minimum absolute atomic E-state index is 0.221. The predicted octanol–water partition coefficient (Wildman–Crippen LogP) is 3.40. The van der Waals surface area contributed by atoms with E-state index in [2.05, 4.69) is 4.90 Å². The molecule has 0 amide bonds. The summed E-state index contributed by atoms with van der Waals surface area (Å²) in [6.45, 7) is 3.52. The maximum atomic E-state index is 13.1. The molecule has 0 bridgehead atoms. The number of thioether (sulfide) groups is 1. The molecule has 2 aromatic carbocycles. The van der Waals surface area contributed by atoms with Crippen LogP contribution in [0.1, 0.15) is 15.9 Å². The van der Waals surface area contributed by atoms with Crippen LogP contribution in [0.25, 0.3) is 0 Å². The third-order valence-electron chi connectivity index (χ3n) is 4.66. The molecule has 1 saturated heterocycles. The van der Waals surface area contributed by atoms with Gasteiger partial charge >= 0.3 is 0 Å². The first kappa shape index (κ1) is 20.0. The van der Waals surface area contributed by atoms with Crippen LogP contribution in [0.3, 0.4) is 0 Å². The first-order valence-corrected chi connectivity index (χ1v) is 9.92. The SMILES string of the molecule is COC(OC)(C(=O)c1ccccc1)c1ccc(SCN2CCOCC2)cc1. The molecule has 1 aliphatic heterocycles. The van der Waals surface area contributed by atoms with E-state index in [0.717, 1.165) is 37.1 Å². The van der Waals surface area contributed by atoms with Crippen molar-refractivity contribution in [2.75, 3.05) is 46.4 Å². The third-order valence-corrected chi connectivity index (χ3v) is 5.76. The molecule has 0 aromatic heterocycles. The minimum Gasteiger partial charge on any atom is -0.379 e. The van der Waals surface area contributed by atoms with E-state index in [1.807, 2.05) is 42.5 Å². The standard InChI is InChI=1S/C21H25NO4S/c1-24-21(25-2,20(23)17-6-4-3-5-7-17)18-8-10-19(11-9-18)27-16-22-12-14-26-15-13-22/h3-11H,12-16H2,1-2H3. The van der Waals surface area contributed by atoms with Crippen molar-refractivity contribution in [3.05, 3.63) is 65.7 Å². The molecule has 1 heterocycles. The molecule has 1 fully saturated rings. The van der Waals surface area contributed by atoms with Crippen LogP contribution in [0.2, 0.25) is 0 Å². The zero-order valence-corrected chi connectivity index (χ0v) is 16.5. The maximum Gasteiger partial charge on any atom is 0.260 e. The molecule has 0 unspecified atom stereocenters. The average Bonchev–Trinajstić information content (AvgIpc) is 2.75. The molecule has 6 heteroatoms. The molecule has 0 spiro atoms. The molecule has 27 heavy (non-hydrogen) atoms. The summed E-state index contributed by atoms with van der Waals surface area (Å²) in [7, 11) is 2.98. The Hall–Kier alpha value is -1.70. The molecule has 5 nitrogen and oxygen atoms in total. The minimum atomic E-state index is -1.45. The number of Topliss-reactive ketones (excluding diaryl/α,β-unsaturated/α-hetero) is 1. The quantitative estimate of drug-likeness (QED) is 0.393. The topological polar surface area (TPSA) is 48.0 Å². The van der Waals surface area contributed by atoms with E-state index in [4.69, 9.17) is 14.2 Å². The van der Waals surface area contributed by atoms with Gasteiger partial charge < -0.3 is 14.2 Å². The van der Waals surface area contributed by atoms with Gasteiger partial charge in [-0.15, -0.1) is 11.8 Å². The molecule has 0 aliphatic carbocycles. The van der Waals surface area contributed by atoms with Crippen molar-refractivity contribution in [3.63, 3.8) is 0 Å². The van der Waals surface area contributed by atoms with Crippen LogP contribution >= 0.6 is 11.8 Å². The zero-order chi connectivity index (χ0) is 19.1. The Balaban J connectivity index is 1.74. The summed E-state index contributed by atoms with van der Waals surface area (Å²) >= 11 is 1.77. The van der Waals surface area contributed by atoms with Crippen LogP contribution in [-0.2, 0) is 20.0 Å². The lowest BCUT2D eigenvalue weighted by molar-refractivity contribution is -0.176. The second-order valence-electron chi connectivity index (χ2n) is 6.25. The summed E-state index contributed by atoms with van der Waals surface area (Å²) in [6.07, 6.45) is 0. The van der Waals surface area contributed by atoms with E-state index in [9.17, 15) is 4.79 Å². The van der Waals surface area contributed by atoms with E-state index >= 15 is 0 Å². The van der Waals surface area contributed by atoms with Crippen LogP contribution in [0, 0.1) is 0 Å². The average molecular weight is 388 g/mol. The summed E-state index contributed by atoms with van der Waals surface area (Å²) in [6, 6.07) is 16.9. The van der Waals surface area contributed by atoms with Crippen molar-refractivity contribution in [3.8, 4) is 0 Å². The Morgan fingerprint density at radius 1 is 1.04 bits per heavy atom. The smallest absolute Gasteiger partial charge is 0.260 e. The second-order valence-corrected chi connectivity index (χ2v) is 7.27. The Morgan fingerprint density at radius 2 is 1.67 bits per heavy atom. The number of ether oxygens (including phenoxy) is 3. The number of carbonyl (C=O) groups excluding carboxylic acids is 1. The van der Waals surface area contributed by atoms with Gasteiger partial charge in [-0.2, -0.15) is 0 Å². The number of morpholine rings is 1. The summed E-state index contributed by atoms with van der Waals surface area (Å²) in [5, 5.41) is 0. The van der Waals surface area contributed by atoms with Crippen molar-refractivity contribution in [2.45, 2.75) is 10.7 Å². The second kappa shape index (κ2) is 9.48. The van der Waals surface area contributed by atoms with Crippen LogP contribution < -0.4 is 0 Å². The van der Waals surface area contributed by atoms with Crippen molar-refractivity contribution in [2.24, 2.45) is 0 Å². The maximum absolute atomic E-state index is 13.1. The van der Waals surface area contributed by atoms with Gasteiger partial charge in [0.25, 0.3) is 5.79 Å². The van der Waals surface area contributed by atoms with Crippen molar-refractivity contribution < 1.29 is 19.0 Å². The van der Waals surface area contributed by atoms with Gasteiger partial charge in [0, 0.05) is 49.2 Å². The van der Waals surface area contributed by atoms with Gasteiger partial charge in [-0.05, 0) is 12.1 Å². The molecule has 1 aliphatic rings. The lowest BCUT2D eigenvalue weighted by Crippen LogP contribution is -2.40. The summed E-state index contributed by atoms with van der Waals surface area (Å²) in [5.74, 6) is -0.748. The fourth-order valence-electron chi connectivity index (χ4n) is 3.08. The first-order valence-electron chi connectivity index (χ1n) is 8.93. The molecule has 144 valence electrons. The number of ketones is 1. The predicted molar refractivity (Wildman–Crippen MR) is 106 cm³/mol. The highest BCUT2D eigenvalue weighted by Gasteiger charge is 2.41. The zero-order valence-electron chi connectivity index (χ0n) is 15.7. The molecule has 2 aromatic rings. The van der Waals surface area contributed by atoms with Gasteiger partial charge in [0.2, 0.25) is 5.78 Å². The number of benzene rings is 2. The van der Waals surface area contributed by atoms with Crippen molar-refractivity contribution in [1.82, 2.24) is 4.90 Å². The molecular formula is C21H25NO4S. The highest BCUT2D eigenvalue weighted by atomic mass is 32.2. The first-order chi connectivity index (χ1) is 13.2. The lowest BCUT2D eigenvalue weighted by Gasteiger charge is -2.30. The molecule has 0 atom stereocenters. The monoisotopic (exact) mass is 387 g/mol. The van der Waals surface area contributed by atoms with Gasteiger partial charge in [0.05, 0.1) is 13.2 Å². The van der Waals surface area contributed by atoms with Gasteiger partial charge in [-0.1, -0.05) is 42.5 Å². The number of nitrogens with zero attached hydrogens (tertiary/aromatic N) is 1. The van der Waals surface area contributed by atoms with E-state index in [-0.39, 0.29) is 5.78 Å². The van der Waals surface area contributed by atoms with Gasteiger partial charge in [0.15, 0.2) is 0 Å². The fourth-order valence-corrected chi connectivity index (χ4v) is 4.00. The number of methoxy groups -OCH3 is 2. The summed E-state index contributed by atoms with van der Waals surface area (Å²) in [4.78, 5) is 16.6. The number of hydrogen-bond acceptors (Lipinski definition) is 6. The molecular weight excluding hydrogens is 362 g/mol. The fraction of sp³-hybridized carbons (Fsp3) is 0.381. The summed E-state index contributed by atoms with van der Waals surface area (Å²) in [5.41, 5.74) is 1.23. The largest absolute Gasteiger partial charge is 0.379 e. The Labute approximate surface area is 164 Å². The Kier molecular flexibility index (Phi) is 7.04. The van der Waals surface area contributed by atoms with Gasteiger partial charge in [-0.3, -0.25) is 9.69 Å². The normalized spacial score (nSPS) is 15.6. The van der Waals surface area contributed by atoms with Crippen LogP contribution in [0.4, 0.5) is 0 Å². The highest BCUT2D eigenvalue weighted by molar-refractivity contribution is 7.99. The Bertz CT molecular complexity index is 726. The van der Waals surface area contributed by atoms with Gasteiger partial charge in [0.1, 0.15) is 0 Å². The van der Waals surface area contributed by atoms with E-state index in [1.165, 1.54) is 14.2 Å². The molecule has 3 rings (SSSR count). The number of rotatable bonds is 8. The van der Waals surface area contributed by atoms with Gasteiger partial charge in [-0.25, -0.2) is 0 Å². The van der Waals surface area contributed by atoms with E-state index in [1.54, 1.807) is 23.9 Å².